The summed E-state index contributed by atoms with van der Waals surface area (Å²) in [5.41, 5.74) is -3.03. The number of ether oxygens (including phenoxy) is 2. The SMILES string of the molecule is O=C(O)c1ccc(C=CC(c2cc(Cl)c3c(c2)OCO3)C(F)(F)F)cc1C(F)(F)F. The van der Waals surface area contributed by atoms with Crippen molar-refractivity contribution in [1.29, 1.82) is 0 Å². The van der Waals surface area contributed by atoms with E-state index in [2.05, 4.69) is 0 Å². The quantitative estimate of drug-likeness (QED) is 0.566. The number of carboxylic acids is 1. The Morgan fingerprint density at radius 2 is 1.80 bits per heavy atom. The van der Waals surface area contributed by atoms with Crippen LogP contribution in [0.5, 0.6) is 11.5 Å². The van der Waals surface area contributed by atoms with Crippen LogP contribution in [-0.2, 0) is 6.18 Å². The Bertz CT molecular complexity index is 1010. The summed E-state index contributed by atoms with van der Waals surface area (Å²) in [4.78, 5) is 11.0. The van der Waals surface area contributed by atoms with Crippen molar-refractivity contribution in [1.82, 2.24) is 0 Å². The summed E-state index contributed by atoms with van der Waals surface area (Å²) in [6.45, 7) is -0.207. The number of aromatic carboxylic acids is 1. The Hall–Kier alpha value is -2.88. The predicted molar refractivity (Wildman–Crippen MR) is 93.8 cm³/mol. The zero-order valence-corrected chi connectivity index (χ0v) is 15.4. The number of hydrogen-bond acceptors (Lipinski definition) is 3. The second kappa shape index (κ2) is 7.75. The van der Waals surface area contributed by atoms with E-state index < -0.39 is 35.4 Å². The van der Waals surface area contributed by atoms with Gasteiger partial charge in [0, 0.05) is 0 Å². The van der Waals surface area contributed by atoms with Gasteiger partial charge in [-0.25, -0.2) is 4.79 Å². The van der Waals surface area contributed by atoms with Crippen LogP contribution in [0, 0.1) is 0 Å². The van der Waals surface area contributed by atoms with Crippen LogP contribution in [0.4, 0.5) is 26.3 Å². The summed E-state index contributed by atoms with van der Waals surface area (Å²) in [5, 5.41) is 8.79. The van der Waals surface area contributed by atoms with Crippen molar-refractivity contribution in [2.24, 2.45) is 0 Å². The molecular formula is C19H11ClF6O4. The van der Waals surface area contributed by atoms with Crippen LogP contribution in [0.2, 0.25) is 5.02 Å². The molecule has 2 aromatic rings. The minimum atomic E-state index is -4.99. The standard InChI is InChI=1S/C19H11ClF6O4/c20-14-6-10(7-15-16(14)30-8-29-15)12(18(21,22)23)4-2-9-1-3-11(17(27)28)13(5-9)19(24,25)26/h1-7,12H,8H2,(H,27,28). The molecule has 4 nitrogen and oxygen atoms in total. The van der Waals surface area contributed by atoms with Crippen molar-refractivity contribution in [3.8, 4) is 11.5 Å². The van der Waals surface area contributed by atoms with Crippen molar-refractivity contribution in [2.45, 2.75) is 18.3 Å². The lowest BCUT2D eigenvalue weighted by atomic mass is 9.95. The van der Waals surface area contributed by atoms with Gasteiger partial charge >= 0.3 is 18.3 Å². The highest BCUT2D eigenvalue weighted by molar-refractivity contribution is 6.32. The average Bonchev–Trinajstić information content (AvgIpc) is 3.09. The van der Waals surface area contributed by atoms with Crippen LogP contribution in [0.3, 0.4) is 0 Å². The molecule has 0 aromatic heterocycles. The number of allylic oxidation sites excluding steroid dienone is 1. The molecule has 1 heterocycles. The third kappa shape index (κ3) is 4.48. The highest BCUT2D eigenvalue weighted by Gasteiger charge is 2.40. The average molecular weight is 453 g/mol. The fraction of sp³-hybridized carbons (Fsp3) is 0.211. The molecule has 11 heteroatoms. The molecular weight excluding hydrogens is 442 g/mol. The Balaban J connectivity index is 2.01. The number of carbonyl (C=O) groups is 1. The van der Waals surface area contributed by atoms with Gasteiger partial charge in [-0.1, -0.05) is 29.8 Å². The smallest absolute Gasteiger partial charge is 0.417 e. The van der Waals surface area contributed by atoms with Gasteiger partial charge in [-0.2, -0.15) is 26.3 Å². The Morgan fingerprint density at radius 1 is 1.10 bits per heavy atom. The first-order valence-corrected chi connectivity index (χ1v) is 8.54. The molecule has 0 saturated heterocycles. The third-order valence-electron chi connectivity index (χ3n) is 4.22. The maximum Gasteiger partial charge on any atom is 0.417 e. The summed E-state index contributed by atoms with van der Waals surface area (Å²) in [6, 6.07) is 4.26. The van der Waals surface area contributed by atoms with Gasteiger partial charge in [0.2, 0.25) is 6.79 Å². The molecule has 0 radical (unpaired) electrons. The van der Waals surface area contributed by atoms with Crippen LogP contribution >= 0.6 is 11.6 Å². The maximum atomic E-state index is 13.6. The van der Waals surface area contributed by atoms with Gasteiger partial charge in [-0.05, 0) is 35.4 Å². The van der Waals surface area contributed by atoms with Crippen molar-refractivity contribution in [3.05, 3.63) is 63.7 Å². The van der Waals surface area contributed by atoms with Crippen LogP contribution in [0.15, 0.2) is 36.4 Å². The lowest BCUT2D eigenvalue weighted by Gasteiger charge is -2.18. The Labute approximate surface area is 170 Å². The molecule has 2 aromatic carbocycles. The summed E-state index contributed by atoms with van der Waals surface area (Å²) >= 11 is 5.93. The van der Waals surface area contributed by atoms with Crippen molar-refractivity contribution in [2.75, 3.05) is 6.79 Å². The Kier molecular flexibility index (Phi) is 5.64. The van der Waals surface area contributed by atoms with Gasteiger partial charge in [0.1, 0.15) is 0 Å². The van der Waals surface area contributed by atoms with E-state index in [0.717, 1.165) is 24.3 Å². The number of alkyl halides is 6. The summed E-state index contributed by atoms with van der Waals surface area (Å²) < 4.78 is 90.2. The van der Waals surface area contributed by atoms with Crippen molar-refractivity contribution >= 4 is 23.6 Å². The van der Waals surface area contributed by atoms with Gasteiger partial charge < -0.3 is 14.6 Å². The summed E-state index contributed by atoms with van der Waals surface area (Å²) in [6.07, 6.45) is -8.30. The van der Waals surface area contributed by atoms with Crippen molar-refractivity contribution < 1.29 is 45.7 Å². The number of benzene rings is 2. The van der Waals surface area contributed by atoms with Gasteiger partial charge in [-0.3, -0.25) is 0 Å². The zero-order valence-electron chi connectivity index (χ0n) is 14.6. The van der Waals surface area contributed by atoms with E-state index in [1.54, 1.807) is 0 Å². The van der Waals surface area contributed by atoms with Gasteiger partial charge in [0.05, 0.1) is 22.1 Å². The van der Waals surface area contributed by atoms with Gasteiger partial charge in [0.15, 0.2) is 11.5 Å². The van der Waals surface area contributed by atoms with E-state index in [1.165, 1.54) is 0 Å². The van der Waals surface area contributed by atoms with E-state index >= 15 is 0 Å². The van der Waals surface area contributed by atoms with Gasteiger partial charge in [0.25, 0.3) is 0 Å². The normalized spacial score (nSPS) is 14.9. The highest BCUT2D eigenvalue weighted by Crippen LogP contribution is 2.45. The number of hydrogen-bond donors (Lipinski definition) is 1. The van der Waals surface area contributed by atoms with E-state index in [-0.39, 0.29) is 34.4 Å². The number of fused-ring (bicyclic) bond motifs is 1. The molecule has 30 heavy (non-hydrogen) atoms. The second-order valence-corrected chi connectivity index (χ2v) is 6.63. The van der Waals surface area contributed by atoms with E-state index in [9.17, 15) is 31.1 Å². The fourth-order valence-electron chi connectivity index (χ4n) is 2.87. The molecule has 0 saturated carbocycles. The van der Waals surface area contributed by atoms with E-state index in [4.69, 9.17) is 26.2 Å². The lowest BCUT2D eigenvalue weighted by Crippen LogP contribution is -2.19. The molecule has 0 bridgehead atoms. The van der Waals surface area contributed by atoms with Crippen molar-refractivity contribution in [3.63, 3.8) is 0 Å². The molecule has 1 aliphatic heterocycles. The highest BCUT2D eigenvalue weighted by atomic mass is 35.5. The van der Waals surface area contributed by atoms with Crippen LogP contribution < -0.4 is 9.47 Å². The largest absolute Gasteiger partial charge is 0.478 e. The van der Waals surface area contributed by atoms with E-state index in [0.29, 0.717) is 18.2 Å². The molecule has 1 atom stereocenters. The molecule has 1 N–H and O–H groups in total. The molecule has 160 valence electrons. The predicted octanol–water partition coefficient (Wildman–Crippen LogP) is 6.15. The first kappa shape index (κ1) is 21.8. The molecule has 3 rings (SSSR count). The first-order valence-electron chi connectivity index (χ1n) is 8.16. The topological polar surface area (TPSA) is 55.8 Å². The third-order valence-corrected chi connectivity index (χ3v) is 4.50. The monoisotopic (exact) mass is 452 g/mol. The second-order valence-electron chi connectivity index (χ2n) is 6.22. The maximum absolute atomic E-state index is 13.6. The lowest BCUT2D eigenvalue weighted by molar-refractivity contribution is -0.139. The Morgan fingerprint density at radius 3 is 2.40 bits per heavy atom. The number of carboxylic acid groups (broad SMARTS) is 1. The molecule has 0 spiro atoms. The summed E-state index contributed by atoms with van der Waals surface area (Å²) in [5.74, 6) is -3.89. The summed E-state index contributed by atoms with van der Waals surface area (Å²) in [7, 11) is 0. The molecule has 1 aliphatic rings. The zero-order chi connectivity index (χ0) is 22.3. The minimum absolute atomic E-state index is 0.0188. The van der Waals surface area contributed by atoms with Gasteiger partial charge in [-0.15, -0.1) is 0 Å². The van der Waals surface area contributed by atoms with Crippen LogP contribution in [0.1, 0.15) is 33.0 Å². The molecule has 1 unspecified atom stereocenters. The molecule has 0 aliphatic carbocycles. The molecule has 0 amide bonds. The van der Waals surface area contributed by atoms with Crippen LogP contribution in [-0.4, -0.2) is 24.0 Å². The fourth-order valence-corrected chi connectivity index (χ4v) is 3.14. The minimum Gasteiger partial charge on any atom is -0.478 e. The number of halogens is 7. The first-order chi connectivity index (χ1) is 13.9. The van der Waals surface area contributed by atoms with E-state index in [1.807, 2.05) is 0 Å². The number of rotatable bonds is 4. The van der Waals surface area contributed by atoms with Crippen LogP contribution in [0.25, 0.3) is 6.08 Å². The molecule has 0 fully saturated rings.